The maximum atomic E-state index is 12.1. The molecule has 6 heteroatoms. The van der Waals surface area contributed by atoms with Crippen LogP contribution in [0.15, 0.2) is 48.6 Å². The Morgan fingerprint density at radius 2 is 1.05 bits per heavy atom. The lowest BCUT2D eigenvalue weighted by atomic mass is 10.0. The number of ether oxygens (including phenoxy) is 3. The minimum absolute atomic E-state index is 0.160. The molecular weight excluding hydrogens is 468 g/mol. The Kier molecular flexibility index (Phi) is 24.6. The molecule has 1 atom stereocenters. The van der Waals surface area contributed by atoms with Gasteiger partial charge in [0.1, 0.15) is 13.2 Å². The first kappa shape index (κ1) is 34.4. The molecule has 6 nitrogen and oxygen atoms in total. The zero-order chi connectivity index (χ0) is 27.4. The predicted molar refractivity (Wildman–Crippen MR) is 150 cm³/mol. The van der Waals surface area contributed by atoms with Crippen LogP contribution in [0.1, 0.15) is 111 Å². The van der Waals surface area contributed by atoms with Gasteiger partial charge in [0.15, 0.2) is 6.10 Å². The summed E-state index contributed by atoms with van der Waals surface area (Å²) in [5, 5.41) is 0. The van der Waals surface area contributed by atoms with E-state index in [1.807, 2.05) is 13.8 Å². The zero-order valence-corrected chi connectivity index (χ0v) is 23.5. The number of unbranched alkanes of at least 4 members (excludes halogenated alkanes) is 12. The largest absolute Gasteiger partial charge is 0.462 e. The lowest BCUT2D eigenvalue weighted by Crippen LogP contribution is -2.30. The Labute approximate surface area is 225 Å². The summed E-state index contributed by atoms with van der Waals surface area (Å²) in [7, 11) is 0. The molecule has 0 unspecified atom stereocenters. The number of carbonyl (C=O) groups excluding carboxylic acids is 3. The SMILES string of the molecule is C/C=C/C=C/C(=O)OC[C@H](COC(=O)CCCCCCCCCCCCCCC)OC(=O)/C=C/C=C/C. The molecule has 0 aromatic carbocycles. The molecule has 0 rings (SSSR count). The fraction of sp³-hybridized carbons (Fsp3) is 0.645. The molecule has 0 heterocycles. The lowest BCUT2D eigenvalue weighted by molar-refractivity contribution is -0.162. The van der Waals surface area contributed by atoms with Crippen molar-refractivity contribution in [1.82, 2.24) is 0 Å². The highest BCUT2D eigenvalue weighted by Crippen LogP contribution is 2.13. The Hall–Kier alpha value is -2.63. The van der Waals surface area contributed by atoms with Gasteiger partial charge in [-0.25, -0.2) is 9.59 Å². The molecule has 0 aromatic heterocycles. The first-order chi connectivity index (χ1) is 18.0. The monoisotopic (exact) mass is 518 g/mol. The van der Waals surface area contributed by atoms with E-state index in [2.05, 4.69) is 6.92 Å². The summed E-state index contributed by atoms with van der Waals surface area (Å²) >= 11 is 0. The van der Waals surface area contributed by atoms with Gasteiger partial charge >= 0.3 is 17.9 Å². The van der Waals surface area contributed by atoms with E-state index in [1.165, 1.54) is 76.4 Å². The van der Waals surface area contributed by atoms with Crippen LogP contribution in [0, 0.1) is 0 Å². The van der Waals surface area contributed by atoms with Gasteiger partial charge in [0.25, 0.3) is 0 Å². The van der Waals surface area contributed by atoms with Crippen LogP contribution < -0.4 is 0 Å². The molecule has 0 bridgehead atoms. The predicted octanol–water partition coefficient (Wildman–Crippen LogP) is 7.73. The van der Waals surface area contributed by atoms with Gasteiger partial charge in [-0.1, -0.05) is 120 Å². The molecule has 0 aliphatic rings. The quantitative estimate of drug-likeness (QED) is 0.0453. The molecule has 0 radical (unpaired) electrons. The van der Waals surface area contributed by atoms with Crippen molar-refractivity contribution < 1.29 is 28.6 Å². The molecule has 0 amide bonds. The van der Waals surface area contributed by atoms with E-state index in [0.717, 1.165) is 19.3 Å². The van der Waals surface area contributed by atoms with Crippen LogP contribution in [0.3, 0.4) is 0 Å². The molecule has 0 saturated heterocycles. The van der Waals surface area contributed by atoms with Crippen molar-refractivity contribution in [3.05, 3.63) is 48.6 Å². The van der Waals surface area contributed by atoms with Crippen molar-refractivity contribution in [2.45, 2.75) is 117 Å². The Morgan fingerprint density at radius 3 is 1.57 bits per heavy atom. The number of esters is 3. The molecule has 0 spiro atoms. The molecule has 210 valence electrons. The Balaban J connectivity index is 4.15. The Morgan fingerprint density at radius 1 is 0.595 bits per heavy atom. The molecule has 0 saturated carbocycles. The van der Waals surface area contributed by atoms with Crippen LogP contribution in [0.5, 0.6) is 0 Å². The molecule has 0 aromatic rings. The number of hydrogen-bond acceptors (Lipinski definition) is 6. The van der Waals surface area contributed by atoms with Crippen molar-refractivity contribution in [2.75, 3.05) is 13.2 Å². The van der Waals surface area contributed by atoms with E-state index in [9.17, 15) is 14.4 Å². The molecular formula is C31H50O6. The van der Waals surface area contributed by atoms with Crippen LogP contribution in [0.2, 0.25) is 0 Å². The summed E-state index contributed by atoms with van der Waals surface area (Å²) in [5.41, 5.74) is 0. The maximum Gasteiger partial charge on any atom is 0.331 e. The van der Waals surface area contributed by atoms with E-state index >= 15 is 0 Å². The van der Waals surface area contributed by atoms with Crippen LogP contribution in [-0.4, -0.2) is 37.2 Å². The topological polar surface area (TPSA) is 78.9 Å². The Bertz CT molecular complexity index is 704. The minimum atomic E-state index is -0.877. The number of hydrogen-bond donors (Lipinski definition) is 0. The third-order valence-electron chi connectivity index (χ3n) is 5.68. The summed E-state index contributed by atoms with van der Waals surface area (Å²) in [4.78, 5) is 35.9. The highest BCUT2D eigenvalue weighted by atomic mass is 16.6. The average Bonchev–Trinajstić information content (AvgIpc) is 2.88. The van der Waals surface area contributed by atoms with E-state index < -0.39 is 18.0 Å². The minimum Gasteiger partial charge on any atom is -0.462 e. The van der Waals surface area contributed by atoms with Gasteiger partial charge in [0.05, 0.1) is 0 Å². The maximum absolute atomic E-state index is 12.1. The van der Waals surface area contributed by atoms with E-state index in [0.29, 0.717) is 6.42 Å². The summed E-state index contributed by atoms with van der Waals surface area (Å²) in [5.74, 6) is -1.51. The van der Waals surface area contributed by atoms with Crippen molar-refractivity contribution in [1.29, 1.82) is 0 Å². The molecule has 0 aliphatic carbocycles. The highest BCUT2D eigenvalue weighted by Gasteiger charge is 2.18. The molecule has 37 heavy (non-hydrogen) atoms. The fourth-order valence-electron chi connectivity index (χ4n) is 3.58. The van der Waals surface area contributed by atoms with Gasteiger partial charge in [-0.3, -0.25) is 4.79 Å². The third kappa shape index (κ3) is 24.8. The summed E-state index contributed by atoms with van der Waals surface area (Å²) in [6.07, 6.45) is 28.2. The second-order valence-corrected chi connectivity index (χ2v) is 9.13. The van der Waals surface area contributed by atoms with Gasteiger partial charge in [-0.15, -0.1) is 0 Å². The molecule has 0 fully saturated rings. The van der Waals surface area contributed by atoms with Crippen LogP contribution >= 0.6 is 0 Å². The van der Waals surface area contributed by atoms with E-state index in [-0.39, 0.29) is 19.2 Å². The number of carbonyl (C=O) groups is 3. The van der Waals surface area contributed by atoms with Crippen molar-refractivity contribution in [2.24, 2.45) is 0 Å². The first-order valence-electron chi connectivity index (χ1n) is 14.1. The van der Waals surface area contributed by atoms with Gasteiger partial charge in [-0.2, -0.15) is 0 Å². The van der Waals surface area contributed by atoms with E-state index in [1.54, 1.807) is 36.5 Å². The molecule has 0 aliphatic heterocycles. The second kappa shape index (κ2) is 26.4. The summed E-state index contributed by atoms with van der Waals surface area (Å²) in [6.45, 7) is 5.55. The van der Waals surface area contributed by atoms with Crippen LogP contribution in [-0.2, 0) is 28.6 Å². The number of allylic oxidation sites excluding steroid dienone is 6. The lowest BCUT2D eigenvalue weighted by Gasteiger charge is -2.17. The normalized spacial score (nSPS) is 12.6. The van der Waals surface area contributed by atoms with Gasteiger partial charge in [0, 0.05) is 18.6 Å². The fourth-order valence-corrected chi connectivity index (χ4v) is 3.58. The summed E-state index contributed by atoms with van der Waals surface area (Å²) < 4.78 is 15.7. The van der Waals surface area contributed by atoms with Crippen LogP contribution in [0.25, 0.3) is 0 Å². The van der Waals surface area contributed by atoms with Crippen molar-refractivity contribution >= 4 is 17.9 Å². The zero-order valence-electron chi connectivity index (χ0n) is 23.5. The van der Waals surface area contributed by atoms with Crippen LogP contribution in [0.4, 0.5) is 0 Å². The van der Waals surface area contributed by atoms with Gasteiger partial charge in [0.2, 0.25) is 0 Å². The summed E-state index contributed by atoms with van der Waals surface area (Å²) in [6, 6.07) is 0. The second-order valence-electron chi connectivity index (χ2n) is 9.13. The third-order valence-corrected chi connectivity index (χ3v) is 5.68. The first-order valence-corrected chi connectivity index (χ1v) is 14.1. The van der Waals surface area contributed by atoms with Gasteiger partial charge < -0.3 is 14.2 Å². The van der Waals surface area contributed by atoms with Crippen molar-refractivity contribution in [3.8, 4) is 0 Å². The smallest absolute Gasteiger partial charge is 0.331 e. The highest BCUT2D eigenvalue weighted by molar-refractivity contribution is 5.83. The van der Waals surface area contributed by atoms with Gasteiger partial charge in [-0.05, 0) is 20.3 Å². The number of rotatable bonds is 23. The van der Waals surface area contributed by atoms with E-state index in [4.69, 9.17) is 14.2 Å². The molecule has 0 N–H and O–H groups in total. The standard InChI is InChI=1S/C31H50O6/c1-4-7-10-11-12-13-14-15-16-17-18-19-22-24-30(33)36-27-28(37-31(34)25-21-9-6-3)26-35-29(32)23-20-8-5-2/h5-6,8-9,20-21,23,25,28H,4,7,10-19,22,24,26-27H2,1-3H3/b8-5+,9-6+,23-20+,25-21+/t28-/m1/s1. The van der Waals surface area contributed by atoms with Crippen molar-refractivity contribution in [3.63, 3.8) is 0 Å². The average molecular weight is 519 g/mol.